The number of aliphatic imine (C=N–C) groups is 1. The zero-order chi connectivity index (χ0) is 23.2. The average molecular weight is 452 g/mol. The Kier molecular flexibility index (Phi) is 5.75. The van der Waals surface area contributed by atoms with Crippen LogP contribution in [0.1, 0.15) is 81.2 Å². The second kappa shape index (κ2) is 8.58. The van der Waals surface area contributed by atoms with Crippen molar-refractivity contribution in [3.63, 3.8) is 0 Å². The second-order valence-electron chi connectivity index (χ2n) is 10.0. The van der Waals surface area contributed by atoms with Gasteiger partial charge >= 0.3 is 0 Å². The number of anilines is 1. The van der Waals surface area contributed by atoms with Gasteiger partial charge in [0.2, 0.25) is 5.95 Å². The third kappa shape index (κ3) is 4.55. The smallest absolute Gasteiger partial charge is 0.267 e. The van der Waals surface area contributed by atoms with Crippen LogP contribution in [0.3, 0.4) is 0 Å². The van der Waals surface area contributed by atoms with Gasteiger partial charge in [-0.25, -0.2) is 28.7 Å². The maximum atomic E-state index is 14.1. The number of fused-ring (bicyclic) bond motifs is 2. The van der Waals surface area contributed by atoms with Crippen LogP contribution in [0.25, 0.3) is 5.57 Å². The van der Waals surface area contributed by atoms with Gasteiger partial charge in [0, 0.05) is 46.6 Å². The van der Waals surface area contributed by atoms with Gasteiger partial charge in [0.05, 0.1) is 12.2 Å². The minimum atomic E-state index is -2.70. The van der Waals surface area contributed by atoms with Gasteiger partial charge in [0.15, 0.2) is 5.82 Å². The molecule has 0 bridgehead atoms. The van der Waals surface area contributed by atoms with E-state index in [4.69, 9.17) is 4.99 Å². The van der Waals surface area contributed by atoms with E-state index in [1.54, 1.807) is 6.20 Å². The molecule has 2 aromatic rings. The molecule has 7 heteroatoms. The maximum absolute atomic E-state index is 14.1. The third-order valence-electron chi connectivity index (χ3n) is 6.86. The summed E-state index contributed by atoms with van der Waals surface area (Å²) in [5.74, 6) is -1.23. The van der Waals surface area contributed by atoms with Crippen molar-refractivity contribution in [2.45, 2.75) is 71.1 Å². The number of hydrogen-bond donors (Lipinski definition) is 1. The number of nitrogens with zero attached hydrogens (tertiary/aromatic N) is 4. The molecule has 5 rings (SSSR count). The third-order valence-corrected chi connectivity index (χ3v) is 6.86. The molecule has 1 saturated carbocycles. The number of aryl methyl sites for hydroxylation is 1. The molecular weight excluding hydrogens is 420 g/mol. The van der Waals surface area contributed by atoms with Gasteiger partial charge in [-0.1, -0.05) is 19.9 Å². The van der Waals surface area contributed by atoms with Gasteiger partial charge in [-0.2, -0.15) is 0 Å². The molecule has 2 aromatic heterocycles. The fourth-order valence-corrected chi connectivity index (χ4v) is 4.87. The molecular formula is C26H31F2N5. The van der Waals surface area contributed by atoms with Crippen molar-refractivity contribution in [3.8, 4) is 0 Å². The van der Waals surface area contributed by atoms with Gasteiger partial charge in [0.25, 0.3) is 5.92 Å². The van der Waals surface area contributed by atoms with E-state index in [9.17, 15) is 8.78 Å². The molecule has 33 heavy (non-hydrogen) atoms. The number of alkyl halides is 2. The Bertz CT molecular complexity index is 1120. The zero-order valence-corrected chi connectivity index (χ0v) is 19.5. The number of halogens is 2. The highest BCUT2D eigenvalue weighted by Crippen LogP contribution is 2.43. The van der Waals surface area contributed by atoms with Crippen LogP contribution in [0, 0.1) is 11.8 Å². The van der Waals surface area contributed by atoms with Crippen LogP contribution >= 0.6 is 0 Å². The van der Waals surface area contributed by atoms with E-state index < -0.39 is 18.4 Å². The molecule has 0 saturated heterocycles. The molecule has 0 unspecified atom stereocenters. The number of rotatable bonds is 7. The standard InChI is InChI=1S/C26H31F2N5/c1-15(2)10-20-16(3)32-24-21(20)11-17(12-29-24)19-6-4-5-7-23-22(19)13-30-25(33-23)31-14-26(27,28)18-8-9-18/h6,11-13,15,18,20H,4-5,7-10,14H2,1-3H3,(H,30,31,33)/t20-/m0/s1. The number of hydrogen-bond acceptors (Lipinski definition) is 5. The fraction of sp³-hybridized carbons (Fsp3) is 0.538. The summed E-state index contributed by atoms with van der Waals surface area (Å²) in [7, 11) is 0. The number of nitrogens with one attached hydrogen (secondary N) is 1. The van der Waals surface area contributed by atoms with E-state index in [2.05, 4.69) is 53.2 Å². The number of aromatic nitrogens is 3. The lowest BCUT2D eigenvalue weighted by Crippen LogP contribution is -2.30. The van der Waals surface area contributed by atoms with Crippen molar-refractivity contribution >= 4 is 23.1 Å². The summed E-state index contributed by atoms with van der Waals surface area (Å²) in [5.41, 5.74) is 6.29. The lowest BCUT2D eigenvalue weighted by Gasteiger charge is -2.18. The van der Waals surface area contributed by atoms with Crippen molar-refractivity contribution < 1.29 is 8.78 Å². The summed E-state index contributed by atoms with van der Waals surface area (Å²) in [5, 5.41) is 2.77. The van der Waals surface area contributed by atoms with Gasteiger partial charge in [0.1, 0.15) is 0 Å². The Morgan fingerprint density at radius 2 is 2.00 bits per heavy atom. The van der Waals surface area contributed by atoms with E-state index in [-0.39, 0.29) is 5.95 Å². The Labute approximate surface area is 193 Å². The van der Waals surface area contributed by atoms with Crippen molar-refractivity contribution in [1.29, 1.82) is 0 Å². The van der Waals surface area contributed by atoms with Crippen LogP contribution in [-0.4, -0.2) is 33.1 Å². The zero-order valence-electron chi connectivity index (χ0n) is 19.5. The Balaban J connectivity index is 1.42. The first-order valence-electron chi connectivity index (χ1n) is 12.1. The van der Waals surface area contributed by atoms with Gasteiger partial charge in [-0.05, 0) is 63.0 Å². The lowest BCUT2D eigenvalue weighted by atomic mass is 9.87. The van der Waals surface area contributed by atoms with Crippen LogP contribution in [0.4, 0.5) is 20.5 Å². The fourth-order valence-electron chi connectivity index (χ4n) is 4.87. The summed E-state index contributed by atoms with van der Waals surface area (Å²) >= 11 is 0. The van der Waals surface area contributed by atoms with Gasteiger partial charge in [-0.3, -0.25) is 0 Å². The summed E-state index contributed by atoms with van der Waals surface area (Å²) in [4.78, 5) is 18.4. The molecule has 3 heterocycles. The first-order valence-corrected chi connectivity index (χ1v) is 12.1. The highest BCUT2D eigenvalue weighted by Gasteiger charge is 2.46. The van der Waals surface area contributed by atoms with Crippen LogP contribution in [0.15, 0.2) is 29.5 Å². The molecule has 0 aromatic carbocycles. The van der Waals surface area contributed by atoms with Crippen molar-refractivity contribution in [2.75, 3.05) is 11.9 Å². The molecule has 5 nitrogen and oxygen atoms in total. The molecule has 0 spiro atoms. The van der Waals surface area contributed by atoms with Crippen molar-refractivity contribution in [2.24, 2.45) is 16.8 Å². The number of allylic oxidation sites excluding steroid dienone is 1. The SMILES string of the molecule is CC1=Nc2ncc(C3=CCCCc4nc(NCC(F)(F)C5CC5)ncc43)cc2[C@H]1CC(C)C. The van der Waals surface area contributed by atoms with Crippen LogP contribution in [0.2, 0.25) is 0 Å². The molecule has 0 amide bonds. The molecule has 3 aliphatic rings. The molecule has 174 valence electrons. The first-order chi connectivity index (χ1) is 15.8. The van der Waals surface area contributed by atoms with E-state index in [0.29, 0.717) is 24.7 Å². The Morgan fingerprint density at radius 1 is 1.18 bits per heavy atom. The van der Waals surface area contributed by atoms with Crippen molar-refractivity contribution in [3.05, 3.63) is 46.9 Å². The minimum absolute atomic E-state index is 0.281. The first kappa shape index (κ1) is 22.1. The normalized spacial score (nSPS) is 20.1. The highest BCUT2D eigenvalue weighted by atomic mass is 19.3. The molecule has 1 aliphatic heterocycles. The Morgan fingerprint density at radius 3 is 2.76 bits per heavy atom. The van der Waals surface area contributed by atoms with E-state index in [1.165, 1.54) is 5.56 Å². The van der Waals surface area contributed by atoms with Crippen molar-refractivity contribution in [1.82, 2.24) is 15.0 Å². The van der Waals surface area contributed by atoms with Crippen LogP contribution in [-0.2, 0) is 6.42 Å². The lowest BCUT2D eigenvalue weighted by molar-refractivity contribution is -0.00832. The quantitative estimate of drug-likeness (QED) is 0.534. The molecule has 2 aliphatic carbocycles. The van der Waals surface area contributed by atoms with Gasteiger partial charge in [-0.15, -0.1) is 0 Å². The van der Waals surface area contributed by atoms with Crippen LogP contribution in [0.5, 0.6) is 0 Å². The van der Waals surface area contributed by atoms with E-state index in [1.807, 2.05) is 6.20 Å². The number of pyridine rings is 1. The summed E-state index contributed by atoms with van der Waals surface area (Å²) < 4.78 is 28.2. The van der Waals surface area contributed by atoms with Gasteiger partial charge < -0.3 is 5.32 Å². The predicted molar refractivity (Wildman–Crippen MR) is 127 cm³/mol. The second-order valence-corrected chi connectivity index (χ2v) is 10.0. The molecule has 1 fully saturated rings. The monoisotopic (exact) mass is 451 g/mol. The highest BCUT2D eigenvalue weighted by molar-refractivity contribution is 5.96. The van der Waals surface area contributed by atoms with E-state index in [0.717, 1.165) is 59.6 Å². The topological polar surface area (TPSA) is 63.1 Å². The van der Waals surface area contributed by atoms with E-state index >= 15 is 0 Å². The maximum Gasteiger partial charge on any atom is 0.267 e. The average Bonchev–Trinajstić information content (AvgIpc) is 3.61. The minimum Gasteiger partial charge on any atom is -0.348 e. The van der Waals surface area contributed by atoms with Crippen LogP contribution < -0.4 is 5.32 Å². The molecule has 0 radical (unpaired) electrons. The summed E-state index contributed by atoms with van der Waals surface area (Å²) in [6.07, 6.45) is 10.8. The summed E-state index contributed by atoms with van der Waals surface area (Å²) in [6, 6.07) is 2.22. The molecule has 1 N–H and O–H groups in total. The summed E-state index contributed by atoms with van der Waals surface area (Å²) in [6.45, 7) is 6.14. The Hall–Kier alpha value is -2.70. The predicted octanol–water partition coefficient (Wildman–Crippen LogP) is 6.33. The largest absolute Gasteiger partial charge is 0.348 e. The molecule has 1 atom stereocenters.